The van der Waals surface area contributed by atoms with Gasteiger partial charge in [0.05, 0.1) is 6.04 Å². The van der Waals surface area contributed by atoms with Crippen LogP contribution >= 0.6 is 0 Å². The van der Waals surface area contributed by atoms with Gasteiger partial charge in [0.25, 0.3) is 0 Å². The molecule has 0 spiro atoms. The van der Waals surface area contributed by atoms with E-state index in [0.29, 0.717) is 19.4 Å². The summed E-state index contributed by atoms with van der Waals surface area (Å²) in [5.74, 6) is 1.83. The lowest BCUT2D eigenvalue weighted by molar-refractivity contribution is 0.0623. The van der Waals surface area contributed by atoms with Crippen LogP contribution in [0.5, 0.6) is 5.75 Å². The van der Waals surface area contributed by atoms with Gasteiger partial charge < -0.3 is 19.1 Å². The highest BCUT2D eigenvalue weighted by Gasteiger charge is 2.35. The van der Waals surface area contributed by atoms with E-state index in [-0.39, 0.29) is 6.04 Å². The van der Waals surface area contributed by atoms with Gasteiger partial charge in [-0.15, -0.1) is 0 Å². The number of anilines is 1. The number of allylic oxidation sites excluding steroid dienone is 1. The number of hydrogen-bond donors (Lipinski definition) is 0. The zero-order chi connectivity index (χ0) is 26.2. The zero-order valence-electron chi connectivity index (χ0n) is 22.5. The van der Waals surface area contributed by atoms with Crippen molar-refractivity contribution in [3.05, 3.63) is 120 Å². The van der Waals surface area contributed by atoms with Crippen molar-refractivity contribution in [3.63, 3.8) is 0 Å². The van der Waals surface area contributed by atoms with E-state index in [2.05, 4.69) is 96.5 Å². The minimum absolute atomic E-state index is 0.170. The maximum Gasteiger partial charge on any atom is 0.229 e. The Morgan fingerprint density at radius 2 is 1.68 bits per heavy atom. The molecule has 5 rings (SSSR count). The van der Waals surface area contributed by atoms with E-state index in [9.17, 15) is 0 Å². The van der Waals surface area contributed by atoms with Crippen molar-refractivity contribution in [2.75, 3.05) is 31.3 Å². The predicted molar refractivity (Wildman–Crippen MR) is 153 cm³/mol. The minimum Gasteiger partial charge on any atom is -0.489 e. The fourth-order valence-corrected chi connectivity index (χ4v) is 5.20. The average molecular weight is 511 g/mol. The number of benzene rings is 3. The van der Waals surface area contributed by atoms with E-state index in [1.165, 1.54) is 22.4 Å². The molecule has 198 valence electrons. The standard InChI is InChI=1S/C33H38N2O3/c1-26(2)17-20-35(29-13-15-31(16-14-29)37-23-28-11-7-4-8-12-28)30-18-19-34(22-30)32(33-24-36-25-38-33)21-27-9-5-3-6-10-27/h3-17,24,30,32H,18-23,25H2,1-2H3. The van der Waals surface area contributed by atoms with E-state index in [1.54, 1.807) is 6.26 Å². The quantitative estimate of drug-likeness (QED) is 0.273. The SMILES string of the molecule is CC(C)=CCN(c1ccc(OCc2ccccc2)cc1)C1CCN(C(Cc2ccccc2)C2=COCO2)C1. The van der Waals surface area contributed by atoms with Gasteiger partial charge in [0.15, 0.2) is 5.76 Å². The van der Waals surface area contributed by atoms with Crippen LogP contribution in [0.3, 0.4) is 0 Å². The van der Waals surface area contributed by atoms with Crippen molar-refractivity contribution in [2.45, 2.75) is 45.4 Å². The molecule has 2 aliphatic rings. The molecule has 0 bridgehead atoms. The van der Waals surface area contributed by atoms with Gasteiger partial charge in [-0.1, -0.05) is 72.3 Å². The normalized spacial score (nSPS) is 17.7. The fraction of sp³-hybridized carbons (Fsp3) is 0.333. The molecule has 5 heteroatoms. The molecule has 38 heavy (non-hydrogen) atoms. The fourth-order valence-electron chi connectivity index (χ4n) is 5.20. The van der Waals surface area contributed by atoms with Gasteiger partial charge in [-0.05, 0) is 62.1 Å². The number of ether oxygens (including phenoxy) is 3. The Bertz CT molecular complexity index is 1200. The van der Waals surface area contributed by atoms with E-state index in [0.717, 1.165) is 44.0 Å². The zero-order valence-corrected chi connectivity index (χ0v) is 22.5. The summed E-state index contributed by atoms with van der Waals surface area (Å²) in [4.78, 5) is 5.10. The van der Waals surface area contributed by atoms with Gasteiger partial charge in [0.2, 0.25) is 6.79 Å². The van der Waals surface area contributed by atoms with Crippen molar-refractivity contribution in [1.82, 2.24) is 4.90 Å². The summed E-state index contributed by atoms with van der Waals surface area (Å²) >= 11 is 0. The van der Waals surface area contributed by atoms with Crippen LogP contribution in [0.2, 0.25) is 0 Å². The van der Waals surface area contributed by atoms with Crippen LogP contribution in [0.25, 0.3) is 0 Å². The first-order chi connectivity index (χ1) is 18.7. The largest absolute Gasteiger partial charge is 0.489 e. The van der Waals surface area contributed by atoms with Gasteiger partial charge in [0.1, 0.15) is 18.6 Å². The first kappa shape index (κ1) is 25.9. The summed E-state index contributed by atoms with van der Waals surface area (Å²) in [6.45, 7) is 8.09. The highest BCUT2D eigenvalue weighted by Crippen LogP contribution is 2.30. The molecule has 1 fully saturated rings. The Morgan fingerprint density at radius 1 is 0.974 bits per heavy atom. The van der Waals surface area contributed by atoms with Gasteiger partial charge in [0, 0.05) is 31.4 Å². The van der Waals surface area contributed by atoms with Crippen molar-refractivity contribution in [3.8, 4) is 5.75 Å². The van der Waals surface area contributed by atoms with Gasteiger partial charge in [-0.2, -0.15) is 0 Å². The second-order valence-electron chi connectivity index (χ2n) is 10.3. The topological polar surface area (TPSA) is 34.2 Å². The number of nitrogens with zero attached hydrogens (tertiary/aromatic N) is 2. The molecular formula is C33H38N2O3. The summed E-state index contributed by atoms with van der Waals surface area (Å²) in [6, 6.07) is 30.1. The van der Waals surface area contributed by atoms with Crippen LogP contribution in [-0.4, -0.2) is 43.4 Å². The second kappa shape index (κ2) is 12.7. The number of likely N-dealkylation sites (tertiary alicyclic amines) is 1. The lowest BCUT2D eigenvalue weighted by Gasteiger charge is -2.32. The molecule has 0 saturated carbocycles. The van der Waals surface area contributed by atoms with Crippen molar-refractivity contribution >= 4 is 5.69 Å². The molecule has 0 N–H and O–H groups in total. The Labute approximate surface area is 226 Å². The summed E-state index contributed by atoms with van der Waals surface area (Å²) in [5, 5.41) is 0. The highest BCUT2D eigenvalue weighted by molar-refractivity contribution is 5.51. The molecule has 0 aromatic heterocycles. The molecule has 2 heterocycles. The molecule has 0 aliphatic carbocycles. The van der Waals surface area contributed by atoms with Crippen molar-refractivity contribution in [2.24, 2.45) is 0 Å². The van der Waals surface area contributed by atoms with Crippen LogP contribution in [0, 0.1) is 0 Å². The maximum absolute atomic E-state index is 6.04. The minimum atomic E-state index is 0.170. The third-order valence-corrected chi connectivity index (χ3v) is 7.28. The Balaban J connectivity index is 1.29. The summed E-state index contributed by atoms with van der Waals surface area (Å²) < 4.78 is 17.4. The average Bonchev–Trinajstić information content (AvgIpc) is 3.66. The lowest BCUT2D eigenvalue weighted by Crippen LogP contribution is -2.42. The molecule has 5 nitrogen and oxygen atoms in total. The first-order valence-corrected chi connectivity index (χ1v) is 13.5. The van der Waals surface area contributed by atoms with Crippen LogP contribution in [0.4, 0.5) is 5.69 Å². The van der Waals surface area contributed by atoms with Gasteiger partial charge >= 0.3 is 0 Å². The van der Waals surface area contributed by atoms with Crippen LogP contribution in [-0.2, 0) is 22.5 Å². The van der Waals surface area contributed by atoms with Crippen molar-refractivity contribution in [1.29, 1.82) is 0 Å². The van der Waals surface area contributed by atoms with Gasteiger partial charge in [-0.25, -0.2) is 0 Å². The van der Waals surface area contributed by atoms with E-state index in [4.69, 9.17) is 14.2 Å². The summed E-state index contributed by atoms with van der Waals surface area (Å²) in [5.41, 5.74) is 5.03. The van der Waals surface area contributed by atoms with E-state index < -0.39 is 0 Å². The molecule has 2 aliphatic heterocycles. The first-order valence-electron chi connectivity index (χ1n) is 13.5. The molecule has 2 atom stereocenters. The maximum atomic E-state index is 6.04. The predicted octanol–water partition coefficient (Wildman–Crippen LogP) is 6.57. The van der Waals surface area contributed by atoms with Crippen molar-refractivity contribution < 1.29 is 14.2 Å². The van der Waals surface area contributed by atoms with Crippen LogP contribution < -0.4 is 9.64 Å². The van der Waals surface area contributed by atoms with E-state index in [1.807, 2.05) is 18.2 Å². The molecule has 0 amide bonds. The molecule has 0 radical (unpaired) electrons. The van der Waals surface area contributed by atoms with Crippen LogP contribution in [0.1, 0.15) is 31.4 Å². The Kier molecular flexibility index (Phi) is 8.67. The summed E-state index contributed by atoms with van der Waals surface area (Å²) in [7, 11) is 0. The molecule has 1 saturated heterocycles. The van der Waals surface area contributed by atoms with E-state index >= 15 is 0 Å². The molecule has 3 aromatic carbocycles. The van der Waals surface area contributed by atoms with Crippen LogP contribution in [0.15, 0.2) is 109 Å². The smallest absolute Gasteiger partial charge is 0.229 e. The van der Waals surface area contributed by atoms with Gasteiger partial charge in [-0.3, -0.25) is 4.90 Å². The molecule has 2 unspecified atom stereocenters. The second-order valence-corrected chi connectivity index (χ2v) is 10.3. The Morgan fingerprint density at radius 3 is 2.34 bits per heavy atom. The summed E-state index contributed by atoms with van der Waals surface area (Å²) in [6.07, 6.45) is 6.13. The lowest BCUT2D eigenvalue weighted by atomic mass is 10.0. The third kappa shape index (κ3) is 6.78. The molecular weight excluding hydrogens is 472 g/mol. The number of hydrogen-bond acceptors (Lipinski definition) is 5. The monoisotopic (exact) mass is 510 g/mol. The molecule has 3 aromatic rings. The Hall–Kier alpha value is -3.70. The highest BCUT2D eigenvalue weighted by atomic mass is 16.7. The number of rotatable bonds is 11. The third-order valence-electron chi connectivity index (χ3n) is 7.28.